The summed E-state index contributed by atoms with van der Waals surface area (Å²) < 4.78 is 49.3. The van der Waals surface area contributed by atoms with Crippen LogP contribution in [-0.4, -0.2) is 28.6 Å². The number of fused-ring (bicyclic) bond motifs is 1. The fourth-order valence-electron chi connectivity index (χ4n) is 4.10. The van der Waals surface area contributed by atoms with Crippen molar-refractivity contribution in [1.29, 1.82) is 0 Å². The van der Waals surface area contributed by atoms with Gasteiger partial charge in [-0.05, 0) is 37.0 Å². The third kappa shape index (κ3) is 4.46. The molecule has 0 radical (unpaired) electrons. The van der Waals surface area contributed by atoms with Gasteiger partial charge in [-0.2, -0.15) is 13.2 Å². The number of benzene rings is 2. The number of ether oxygens (including phenoxy) is 1. The quantitative estimate of drug-likeness (QED) is 0.597. The van der Waals surface area contributed by atoms with Gasteiger partial charge in [0.2, 0.25) is 0 Å². The zero-order chi connectivity index (χ0) is 23.0. The van der Waals surface area contributed by atoms with Crippen LogP contribution in [0.15, 0.2) is 59.5 Å². The molecule has 2 aromatic carbocycles. The highest BCUT2D eigenvalue weighted by Gasteiger charge is 2.56. The first-order chi connectivity index (χ1) is 14.4. The van der Waals surface area contributed by atoms with Crippen LogP contribution in [0.5, 0.6) is 5.75 Å². The molecule has 0 saturated carbocycles. The third-order valence-electron chi connectivity index (χ3n) is 5.66. The van der Waals surface area contributed by atoms with Gasteiger partial charge in [0.25, 0.3) is 0 Å². The van der Waals surface area contributed by atoms with Crippen LogP contribution < -0.4 is 10.2 Å². The van der Waals surface area contributed by atoms with Crippen molar-refractivity contribution in [3.8, 4) is 5.75 Å². The summed E-state index contributed by atoms with van der Waals surface area (Å²) in [5.74, 6) is 0.467. The van der Waals surface area contributed by atoms with E-state index in [1.807, 2.05) is 13.0 Å². The maximum absolute atomic E-state index is 14.2. The Morgan fingerprint density at radius 2 is 1.74 bits per heavy atom. The van der Waals surface area contributed by atoms with E-state index in [4.69, 9.17) is 4.74 Å². The van der Waals surface area contributed by atoms with Crippen LogP contribution >= 0.6 is 0 Å². The molecule has 1 unspecified atom stereocenters. The molecule has 1 atom stereocenters. The Morgan fingerprint density at radius 3 is 2.39 bits per heavy atom. The van der Waals surface area contributed by atoms with E-state index in [0.29, 0.717) is 22.2 Å². The number of aromatic nitrogens is 1. The third-order valence-corrected chi connectivity index (χ3v) is 5.66. The molecule has 0 fully saturated rings. The molecule has 0 aliphatic rings. The summed E-state index contributed by atoms with van der Waals surface area (Å²) in [5, 5.41) is 11.3. The molecule has 4 nitrogen and oxygen atoms in total. The molecule has 1 aromatic heterocycles. The first-order valence-corrected chi connectivity index (χ1v) is 9.90. The Labute approximate surface area is 178 Å². The summed E-state index contributed by atoms with van der Waals surface area (Å²) in [6.45, 7) is 4.42. The van der Waals surface area contributed by atoms with Crippen LogP contribution in [0.2, 0.25) is 0 Å². The van der Waals surface area contributed by atoms with Crippen molar-refractivity contribution in [1.82, 2.24) is 4.57 Å². The highest BCUT2D eigenvalue weighted by molar-refractivity contribution is 5.78. The van der Waals surface area contributed by atoms with E-state index >= 15 is 0 Å². The van der Waals surface area contributed by atoms with Crippen molar-refractivity contribution in [2.75, 3.05) is 7.11 Å². The zero-order valence-electron chi connectivity index (χ0n) is 18.0. The molecule has 31 heavy (non-hydrogen) atoms. The average molecular weight is 433 g/mol. The smallest absolute Gasteiger partial charge is 0.418 e. The lowest BCUT2D eigenvalue weighted by Gasteiger charge is -2.39. The van der Waals surface area contributed by atoms with E-state index in [9.17, 15) is 23.1 Å². The highest BCUT2D eigenvalue weighted by Crippen LogP contribution is 2.44. The Hall–Kier alpha value is -2.80. The molecule has 1 heterocycles. The molecule has 7 heteroatoms. The molecule has 0 aliphatic carbocycles. The predicted molar refractivity (Wildman–Crippen MR) is 115 cm³/mol. The molecule has 3 rings (SSSR count). The van der Waals surface area contributed by atoms with Crippen LogP contribution in [0.4, 0.5) is 13.2 Å². The molecule has 3 aromatic rings. The topological polar surface area (TPSA) is 51.5 Å². The van der Waals surface area contributed by atoms with E-state index in [-0.39, 0.29) is 5.43 Å². The number of hydrogen-bond donors (Lipinski definition) is 1. The molecule has 1 N–H and O–H groups in total. The summed E-state index contributed by atoms with van der Waals surface area (Å²) in [6, 6.07) is 13.0. The normalized spacial score (nSPS) is 14.5. The SMILES string of the molecule is COc1ccc(C)cc1C(C)(C)CC(O)(Cn1ccc(=O)c2ccccc21)C(F)(F)F. The van der Waals surface area contributed by atoms with Gasteiger partial charge in [0, 0.05) is 23.2 Å². The zero-order valence-corrected chi connectivity index (χ0v) is 18.0. The van der Waals surface area contributed by atoms with E-state index in [2.05, 4.69) is 0 Å². The van der Waals surface area contributed by atoms with Crippen molar-refractivity contribution in [2.45, 2.75) is 50.9 Å². The van der Waals surface area contributed by atoms with Gasteiger partial charge in [-0.25, -0.2) is 0 Å². The van der Waals surface area contributed by atoms with E-state index < -0.39 is 30.2 Å². The summed E-state index contributed by atoms with van der Waals surface area (Å²) in [5.41, 5.74) is -2.58. The van der Waals surface area contributed by atoms with Crippen molar-refractivity contribution in [3.05, 3.63) is 76.1 Å². The number of methoxy groups -OCH3 is 1. The molecular weight excluding hydrogens is 407 g/mol. The maximum atomic E-state index is 14.2. The second-order valence-corrected chi connectivity index (χ2v) is 8.62. The highest BCUT2D eigenvalue weighted by atomic mass is 19.4. The largest absolute Gasteiger partial charge is 0.496 e. The van der Waals surface area contributed by atoms with E-state index in [0.717, 1.165) is 5.56 Å². The van der Waals surface area contributed by atoms with Gasteiger partial charge in [0.05, 0.1) is 19.2 Å². The number of aliphatic hydroxyl groups is 1. The number of nitrogens with zero attached hydrogens (tertiary/aromatic N) is 1. The number of halogens is 3. The van der Waals surface area contributed by atoms with Crippen molar-refractivity contribution < 1.29 is 23.0 Å². The minimum atomic E-state index is -4.90. The number of pyridine rings is 1. The van der Waals surface area contributed by atoms with Crippen LogP contribution in [0, 0.1) is 6.92 Å². The Bertz CT molecular complexity index is 1150. The Kier molecular flexibility index (Phi) is 5.93. The average Bonchev–Trinajstić information content (AvgIpc) is 2.69. The molecular formula is C24H26F3NO3. The fourth-order valence-corrected chi connectivity index (χ4v) is 4.10. The van der Waals surface area contributed by atoms with Gasteiger partial charge in [-0.1, -0.05) is 43.7 Å². The first kappa shape index (κ1) is 22.9. The van der Waals surface area contributed by atoms with Crippen LogP contribution in [0.25, 0.3) is 10.9 Å². The molecule has 0 bridgehead atoms. The molecule has 0 aliphatic heterocycles. The summed E-state index contributed by atoms with van der Waals surface area (Å²) >= 11 is 0. The number of alkyl halides is 3. The van der Waals surface area contributed by atoms with Crippen molar-refractivity contribution in [2.24, 2.45) is 0 Å². The molecule has 0 saturated heterocycles. The Morgan fingerprint density at radius 1 is 1.06 bits per heavy atom. The van der Waals surface area contributed by atoms with Crippen molar-refractivity contribution in [3.63, 3.8) is 0 Å². The lowest BCUT2D eigenvalue weighted by atomic mass is 9.74. The van der Waals surface area contributed by atoms with Gasteiger partial charge >= 0.3 is 6.18 Å². The van der Waals surface area contributed by atoms with Gasteiger partial charge in [0.1, 0.15) is 5.75 Å². The molecule has 0 spiro atoms. The maximum Gasteiger partial charge on any atom is 0.418 e. The summed E-state index contributed by atoms with van der Waals surface area (Å²) in [6.07, 6.45) is -4.20. The fraction of sp³-hybridized carbons (Fsp3) is 0.375. The summed E-state index contributed by atoms with van der Waals surface area (Å²) in [7, 11) is 1.46. The lowest BCUT2D eigenvalue weighted by Crippen LogP contribution is -2.52. The summed E-state index contributed by atoms with van der Waals surface area (Å²) in [4.78, 5) is 12.1. The van der Waals surface area contributed by atoms with Crippen LogP contribution in [0.3, 0.4) is 0 Å². The second-order valence-electron chi connectivity index (χ2n) is 8.62. The number of rotatable bonds is 6. The first-order valence-electron chi connectivity index (χ1n) is 9.90. The molecule has 0 amide bonds. The number of aryl methyl sites for hydroxylation is 1. The minimum Gasteiger partial charge on any atom is -0.496 e. The monoisotopic (exact) mass is 433 g/mol. The predicted octanol–water partition coefficient (Wildman–Crippen LogP) is 4.98. The van der Waals surface area contributed by atoms with Gasteiger partial charge in [-0.15, -0.1) is 0 Å². The van der Waals surface area contributed by atoms with Crippen LogP contribution in [0.1, 0.15) is 31.4 Å². The minimum absolute atomic E-state index is 0.285. The van der Waals surface area contributed by atoms with Crippen molar-refractivity contribution >= 4 is 10.9 Å². The van der Waals surface area contributed by atoms with Gasteiger partial charge in [-0.3, -0.25) is 4.79 Å². The lowest BCUT2D eigenvalue weighted by molar-refractivity contribution is -0.271. The number of hydrogen-bond acceptors (Lipinski definition) is 3. The number of para-hydroxylation sites is 1. The van der Waals surface area contributed by atoms with E-state index in [1.165, 1.54) is 23.9 Å². The standard InChI is InChI=1S/C24H26F3NO3/c1-16-9-10-21(31-4)18(13-16)22(2,3)14-23(30,24(25,26)27)15-28-12-11-20(29)17-7-5-6-8-19(17)28/h5-13,30H,14-15H2,1-4H3. The second kappa shape index (κ2) is 8.04. The van der Waals surface area contributed by atoms with Gasteiger partial charge in [0.15, 0.2) is 11.0 Å². The van der Waals surface area contributed by atoms with Crippen LogP contribution in [-0.2, 0) is 12.0 Å². The molecule has 166 valence electrons. The van der Waals surface area contributed by atoms with E-state index in [1.54, 1.807) is 50.2 Å². The Balaban J connectivity index is 2.08. The van der Waals surface area contributed by atoms with Gasteiger partial charge < -0.3 is 14.4 Å².